The molecule has 18 heavy (non-hydrogen) atoms. The van der Waals surface area contributed by atoms with Gasteiger partial charge in [-0.25, -0.2) is 9.97 Å². The molecule has 0 amide bonds. The van der Waals surface area contributed by atoms with E-state index in [0.29, 0.717) is 23.7 Å². The molecule has 0 saturated heterocycles. The minimum absolute atomic E-state index is 0.205. The molecule has 0 unspecified atom stereocenters. The van der Waals surface area contributed by atoms with Crippen molar-refractivity contribution in [2.45, 2.75) is 18.9 Å². The van der Waals surface area contributed by atoms with Crippen molar-refractivity contribution in [3.05, 3.63) is 18.6 Å². The number of nitrogens with two attached hydrogens (primary N) is 1. The van der Waals surface area contributed by atoms with Crippen molar-refractivity contribution in [3.63, 3.8) is 0 Å². The van der Waals surface area contributed by atoms with E-state index in [9.17, 15) is 10.2 Å². The maximum absolute atomic E-state index is 9.42. The largest absolute Gasteiger partial charge is 0.394 e. The molecule has 2 aromatic heterocycles. The topological polar surface area (TPSA) is 109 Å². The molecule has 0 atom stereocenters. The van der Waals surface area contributed by atoms with E-state index in [-0.39, 0.29) is 13.2 Å². The van der Waals surface area contributed by atoms with Crippen LogP contribution in [0.1, 0.15) is 13.3 Å². The quantitative estimate of drug-likeness (QED) is 0.589. The molecule has 0 aromatic carbocycles. The summed E-state index contributed by atoms with van der Waals surface area (Å²) in [7, 11) is 0. The summed E-state index contributed by atoms with van der Waals surface area (Å²) in [6.07, 6.45) is 5.58. The van der Waals surface area contributed by atoms with Crippen molar-refractivity contribution in [2.24, 2.45) is 0 Å². The number of fused-ring (bicyclic) bond motifs is 1. The summed E-state index contributed by atoms with van der Waals surface area (Å²) in [5.41, 5.74) is 5.48. The smallest absolute Gasteiger partial charge is 0.180 e. The Bertz CT molecular complexity index is 527. The lowest BCUT2D eigenvalue weighted by Crippen LogP contribution is -2.45. The number of imidazole rings is 1. The van der Waals surface area contributed by atoms with Gasteiger partial charge in [-0.15, -0.1) is 0 Å². The third kappa shape index (κ3) is 2.09. The highest BCUT2D eigenvalue weighted by Gasteiger charge is 2.28. The minimum atomic E-state index is -0.826. The Balaban J connectivity index is 2.44. The van der Waals surface area contributed by atoms with Crippen molar-refractivity contribution in [3.8, 4) is 0 Å². The molecule has 2 heterocycles. The molecule has 7 nitrogen and oxygen atoms in total. The van der Waals surface area contributed by atoms with E-state index in [0.717, 1.165) is 0 Å². The summed E-state index contributed by atoms with van der Waals surface area (Å²) in [5, 5.41) is 21.9. The van der Waals surface area contributed by atoms with Gasteiger partial charge >= 0.3 is 0 Å². The average Bonchev–Trinajstić information content (AvgIpc) is 2.84. The zero-order chi connectivity index (χ0) is 13.2. The molecule has 5 N–H and O–H groups in total. The Kier molecular flexibility index (Phi) is 3.35. The van der Waals surface area contributed by atoms with Gasteiger partial charge < -0.3 is 25.7 Å². The first kappa shape index (κ1) is 12.6. The third-order valence-electron chi connectivity index (χ3n) is 3.06. The standard InChI is InChI=1S/C11H17N5O2/c1-2-11(6-17,7-18)15-9-10-13-3-4-16(10)5-8(12)14-9/h3-5,17-18H,2,6-7,12H2,1H3,(H,14,15). The monoisotopic (exact) mass is 251 g/mol. The number of nitrogens with one attached hydrogen (secondary N) is 1. The number of aliphatic hydroxyl groups excluding tert-OH is 2. The molecular weight excluding hydrogens is 234 g/mol. The Labute approximate surface area is 104 Å². The zero-order valence-electron chi connectivity index (χ0n) is 10.2. The molecule has 98 valence electrons. The second-order valence-electron chi connectivity index (χ2n) is 4.25. The number of hydrogen-bond donors (Lipinski definition) is 4. The molecule has 0 saturated carbocycles. The van der Waals surface area contributed by atoms with Gasteiger partial charge in [-0.3, -0.25) is 0 Å². The molecule has 0 fully saturated rings. The van der Waals surface area contributed by atoms with Gasteiger partial charge in [0.2, 0.25) is 0 Å². The van der Waals surface area contributed by atoms with Crippen LogP contribution < -0.4 is 11.1 Å². The van der Waals surface area contributed by atoms with Crippen LogP contribution in [-0.2, 0) is 0 Å². The van der Waals surface area contributed by atoms with Crippen LogP contribution in [0.2, 0.25) is 0 Å². The first-order chi connectivity index (χ1) is 8.64. The van der Waals surface area contributed by atoms with Gasteiger partial charge in [0.15, 0.2) is 11.5 Å². The second kappa shape index (κ2) is 4.79. The molecule has 2 aromatic rings. The third-order valence-corrected chi connectivity index (χ3v) is 3.06. The predicted octanol–water partition coefficient (Wildman–Crippen LogP) is -0.143. The Morgan fingerprint density at radius 1 is 1.44 bits per heavy atom. The molecular formula is C11H17N5O2. The summed E-state index contributed by atoms with van der Waals surface area (Å²) in [4.78, 5) is 8.33. The zero-order valence-corrected chi connectivity index (χ0v) is 10.2. The van der Waals surface area contributed by atoms with Crippen molar-refractivity contribution in [1.82, 2.24) is 14.4 Å². The van der Waals surface area contributed by atoms with E-state index in [4.69, 9.17) is 5.73 Å². The molecule has 2 rings (SSSR count). The SMILES string of the molecule is CCC(CO)(CO)Nc1nc(N)cn2ccnc12. The highest BCUT2D eigenvalue weighted by Crippen LogP contribution is 2.21. The molecule has 0 bridgehead atoms. The highest BCUT2D eigenvalue weighted by molar-refractivity contribution is 5.65. The molecule has 0 aliphatic carbocycles. The van der Waals surface area contributed by atoms with Gasteiger partial charge in [-0.2, -0.15) is 0 Å². The normalized spacial score (nSPS) is 11.9. The van der Waals surface area contributed by atoms with Gasteiger partial charge in [-0.05, 0) is 6.42 Å². The van der Waals surface area contributed by atoms with Gasteiger partial charge in [0.1, 0.15) is 5.82 Å². The van der Waals surface area contributed by atoms with Crippen LogP contribution in [-0.4, -0.2) is 43.3 Å². The first-order valence-electron chi connectivity index (χ1n) is 5.73. The lowest BCUT2D eigenvalue weighted by atomic mass is 9.98. The van der Waals surface area contributed by atoms with E-state index in [1.807, 2.05) is 6.92 Å². The van der Waals surface area contributed by atoms with E-state index >= 15 is 0 Å². The van der Waals surface area contributed by atoms with Crippen molar-refractivity contribution >= 4 is 17.3 Å². The summed E-state index contributed by atoms with van der Waals surface area (Å²) in [6.45, 7) is 1.46. The number of rotatable bonds is 5. The summed E-state index contributed by atoms with van der Waals surface area (Å²) >= 11 is 0. The fourth-order valence-electron chi connectivity index (χ4n) is 1.73. The maximum Gasteiger partial charge on any atom is 0.180 e. The number of hydrogen-bond acceptors (Lipinski definition) is 6. The first-order valence-corrected chi connectivity index (χ1v) is 5.73. The van der Waals surface area contributed by atoms with Crippen LogP contribution in [0.3, 0.4) is 0 Å². The Hall–Kier alpha value is -1.86. The molecule has 0 aliphatic heterocycles. The van der Waals surface area contributed by atoms with Gasteiger partial charge in [0, 0.05) is 12.4 Å². The van der Waals surface area contributed by atoms with Gasteiger partial charge in [-0.1, -0.05) is 6.92 Å². The van der Waals surface area contributed by atoms with Crippen molar-refractivity contribution < 1.29 is 10.2 Å². The molecule has 0 aliphatic rings. The van der Waals surface area contributed by atoms with Crippen molar-refractivity contribution in [2.75, 3.05) is 24.3 Å². The summed E-state index contributed by atoms with van der Waals surface area (Å²) < 4.78 is 1.74. The van der Waals surface area contributed by atoms with Gasteiger partial charge in [0.05, 0.1) is 24.9 Å². The van der Waals surface area contributed by atoms with Crippen LogP contribution in [0.15, 0.2) is 18.6 Å². The fraction of sp³-hybridized carbons (Fsp3) is 0.455. The van der Waals surface area contributed by atoms with Crippen molar-refractivity contribution in [1.29, 1.82) is 0 Å². The van der Waals surface area contributed by atoms with Gasteiger partial charge in [0.25, 0.3) is 0 Å². The predicted molar refractivity (Wildman–Crippen MR) is 68.2 cm³/mol. The summed E-state index contributed by atoms with van der Waals surface area (Å²) in [6, 6.07) is 0. The molecule has 0 radical (unpaired) electrons. The summed E-state index contributed by atoms with van der Waals surface area (Å²) in [5.74, 6) is 0.786. The maximum atomic E-state index is 9.42. The van der Waals surface area contributed by atoms with Crippen LogP contribution >= 0.6 is 0 Å². The minimum Gasteiger partial charge on any atom is -0.394 e. The second-order valence-corrected chi connectivity index (χ2v) is 4.25. The number of nitrogens with zero attached hydrogens (tertiary/aromatic N) is 3. The Morgan fingerprint density at radius 3 is 2.78 bits per heavy atom. The van der Waals surface area contributed by atoms with E-state index in [1.54, 1.807) is 23.0 Å². The van der Waals surface area contributed by atoms with Crippen LogP contribution in [0, 0.1) is 0 Å². The number of aromatic nitrogens is 3. The Morgan fingerprint density at radius 2 is 2.17 bits per heavy atom. The number of anilines is 2. The number of aliphatic hydroxyl groups is 2. The van der Waals surface area contributed by atoms with E-state index in [2.05, 4.69) is 15.3 Å². The highest BCUT2D eigenvalue weighted by atomic mass is 16.3. The lowest BCUT2D eigenvalue weighted by molar-refractivity contribution is 0.132. The van der Waals surface area contributed by atoms with E-state index in [1.165, 1.54) is 0 Å². The van der Waals surface area contributed by atoms with E-state index < -0.39 is 5.54 Å². The van der Waals surface area contributed by atoms with Crippen LogP contribution in [0.4, 0.5) is 11.6 Å². The lowest BCUT2D eigenvalue weighted by Gasteiger charge is -2.30. The average molecular weight is 251 g/mol. The van der Waals surface area contributed by atoms with Crippen LogP contribution in [0.25, 0.3) is 5.65 Å². The molecule has 0 spiro atoms. The van der Waals surface area contributed by atoms with Crippen LogP contribution in [0.5, 0.6) is 0 Å². The number of nitrogen functional groups attached to an aromatic ring is 1. The fourth-order valence-corrected chi connectivity index (χ4v) is 1.73. The molecule has 7 heteroatoms.